The smallest absolute Gasteiger partial charge is 0.411 e. The average Bonchev–Trinajstić information content (AvgIpc) is 2.82. The van der Waals surface area contributed by atoms with Gasteiger partial charge < -0.3 is 10.0 Å². The summed E-state index contributed by atoms with van der Waals surface area (Å²) in [5, 5.41) is 9.64. The fraction of sp³-hybridized carbons (Fsp3) is 0.409. The summed E-state index contributed by atoms with van der Waals surface area (Å²) >= 11 is 0. The van der Waals surface area contributed by atoms with Crippen molar-refractivity contribution in [3.8, 4) is 0 Å². The number of halogens is 1. The van der Waals surface area contributed by atoms with Crippen LogP contribution in [0.15, 0.2) is 47.5 Å². The molecule has 3 aliphatic rings. The fourth-order valence-electron chi connectivity index (χ4n) is 5.32. The molecule has 1 atom stereocenters. The Kier molecular flexibility index (Phi) is 4.94. The van der Waals surface area contributed by atoms with Gasteiger partial charge in [0.1, 0.15) is 10.7 Å². The molecule has 1 spiro atoms. The molecule has 1 N–H and O–H groups in total. The molecule has 1 saturated heterocycles. The minimum absolute atomic E-state index is 0.0996. The summed E-state index contributed by atoms with van der Waals surface area (Å²) in [6, 6.07) is 7.97. The molecule has 2 aromatic rings. The lowest BCUT2D eigenvalue weighted by atomic mass is 9.61. The van der Waals surface area contributed by atoms with E-state index in [-0.39, 0.29) is 59.3 Å². The Balaban J connectivity index is 1.31. The maximum atomic E-state index is 14.0. The van der Waals surface area contributed by atoms with Gasteiger partial charge in [0, 0.05) is 43.3 Å². The minimum Gasteiger partial charge on any atom is -0.465 e. The normalized spacial score (nSPS) is 23.0. The molecule has 11 heteroatoms. The van der Waals surface area contributed by atoms with Gasteiger partial charge >= 0.3 is 6.09 Å². The summed E-state index contributed by atoms with van der Waals surface area (Å²) in [6.07, 6.45) is 1.51. The van der Waals surface area contributed by atoms with Gasteiger partial charge in [0.05, 0.1) is 5.69 Å². The summed E-state index contributed by atoms with van der Waals surface area (Å²) < 4.78 is 40.9. The van der Waals surface area contributed by atoms with Gasteiger partial charge in [-0.1, -0.05) is 12.1 Å². The third-order valence-electron chi connectivity index (χ3n) is 6.88. The molecule has 0 unspecified atom stereocenters. The van der Waals surface area contributed by atoms with Crippen LogP contribution in [0.4, 0.5) is 14.9 Å². The van der Waals surface area contributed by atoms with Crippen molar-refractivity contribution < 1.29 is 27.5 Å². The Hall–Kier alpha value is -3.05. The Bertz CT molecular complexity index is 1240. The number of hydrogen-bond acceptors (Lipinski definition) is 5. The number of pyridine rings is 1. The van der Waals surface area contributed by atoms with Crippen LogP contribution in [-0.2, 0) is 10.0 Å². The number of anilines is 1. The molecule has 5 rings (SSSR count). The molecule has 2 aliphatic heterocycles. The van der Waals surface area contributed by atoms with E-state index in [9.17, 15) is 27.5 Å². The quantitative estimate of drug-likeness (QED) is 0.731. The van der Waals surface area contributed by atoms with E-state index < -0.39 is 21.9 Å². The maximum absolute atomic E-state index is 14.0. The van der Waals surface area contributed by atoms with Crippen LogP contribution in [0.1, 0.15) is 30.3 Å². The van der Waals surface area contributed by atoms with Gasteiger partial charge in [-0.15, -0.1) is 0 Å². The molecule has 33 heavy (non-hydrogen) atoms. The SMILES string of the molecule is C[C@@H]1CN(C(=O)O)c2cccnc2C(=O)N1C1CC2(C1)CN(S(=O)(=O)c1ccccc1F)C2. The first-order valence-electron chi connectivity index (χ1n) is 10.7. The second kappa shape index (κ2) is 7.49. The first kappa shape index (κ1) is 21.8. The topological polar surface area (TPSA) is 111 Å². The van der Waals surface area contributed by atoms with Crippen LogP contribution < -0.4 is 4.90 Å². The molecule has 0 bridgehead atoms. The van der Waals surface area contributed by atoms with Gasteiger partial charge in [0.15, 0.2) is 5.69 Å². The number of nitrogens with zero attached hydrogens (tertiary/aromatic N) is 4. The highest BCUT2D eigenvalue weighted by Gasteiger charge is 2.58. The number of rotatable bonds is 3. The molecule has 3 heterocycles. The lowest BCUT2D eigenvalue weighted by molar-refractivity contribution is -0.0730. The molecule has 1 aromatic heterocycles. The van der Waals surface area contributed by atoms with Crippen molar-refractivity contribution in [1.29, 1.82) is 0 Å². The second-order valence-electron chi connectivity index (χ2n) is 9.09. The van der Waals surface area contributed by atoms with Gasteiger partial charge in [0.2, 0.25) is 10.0 Å². The number of carbonyl (C=O) groups excluding carboxylic acids is 1. The molecular weight excluding hydrogens is 451 g/mol. The number of aromatic nitrogens is 1. The lowest BCUT2D eigenvalue weighted by Gasteiger charge is -2.60. The molecule has 1 aromatic carbocycles. The number of amides is 2. The van der Waals surface area contributed by atoms with E-state index in [2.05, 4.69) is 4.98 Å². The van der Waals surface area contributed by atoms with Crippen LogP contribution in [0.5, 0.6) is 0 Å². The number of carbonyl (C=O) groups is 2. The molecule has 1 saturated carbocycles. The Labute approximate surface area is 190 Å². The molecule has 174 valence electrons. The maximum Gasteiger partial charge on any atom is 0.411 e. The number of sulfonamides is 1. The zero-order valence-electron chi connectivity index (χ0n) is 17.9. The Morgan fingerprint density at radius 2 is 1.88 bits per heavy atom. The summed E-state index contributed by atoms with van der Waals surface area (Å²) in [5.74, 6) is -1.10. The number of carboxylic acid groups (broad SMARTS) is 1. The van der Waals surface area contributed by atoms with Crippen molar-refractivity contribution in [1.82, 2.24) is 14.2 Å². The number of benzene rings is 1. The van der Waals surface area contributed by atoms with Crippen LogP contribution in [0, 0.1) is 11.2 Å². The average molecular weight is 475 g/mol. The van der Waals surface area contributed by atoms with Gasteiger partial charge in [-0.2, -0.15) is 4.31 Å². The summed E-state index contributed by atoms with van der Waals surface area (Å²) in [7, 11) is -3.91. The number of hydrogen-bond donors (Lipinski definition) is 1. The summed E-state index contributed by atoms with van der Waals surface area (Å²) in [4.78, 5) is 31.8. The number of fused-ring (bicyclic) bond motifs is 1. The monoisotopic (exact) mass is 474 g/mol. The molecular formula is C22H23FN4O5S. The Morgan fingerprint density at radius 1 is 1.18 bits per heavy atom. The standard InChI is InChI=1S/C22H23FN4O5S/c1-14-11-26(21(29)30)17-6-4-8-24-19(17)20(28)27(14)15-9-22(10-15)12-25(13-22)33(31,32)18-7-3-2-5-16(18)23/h2-8,14-15H,9-13H2,1H3,(H,29,30)/t14-/m1/s1. The lowest BCUT2D eigenvalue weighted by Crippen LogP contribution is -2.68. The highest BCUT2D eigenvalue weighted by Crippen LogP contribution is 2.52. The van der Waals surface area contributed by atoms with E-state index >= 15 is 0 Å². The van der Waals surface area contributed by atoms with Crippen molar-refractivity contribution in [2.75, 3.05) is 24.5 Å². The summed E-state index contributed by atoms with van der Waals surface area (Å²) in [6.45, 7) is 2.47. The second-order valence-corrected chi connectivity index (χ2v) is 11.0. The van der Waals surface area contributed by atoms with Crippen molar-refractivity contribution in [2.45, 2.75) is 36.7 Å². The van der Waals surface area contributed by atoms with Gasteiger partial charge in [-0.05, 0) is 44.0 Å². The highest BCUT2D eigenvalue weighted by atomic mass is 32.2. The van der Waals surface area contributed by atoms with Crippen LogP contribution in [0.25, 0.3) is 0 Å². The third-order valence-corrected chi connectivity index (χ3v) is 8.70. The van der Waals surface area contributed by atoms with Gasteiger partial charge in [-0.25, -0.2) is 22.6 Å². The molecule has 2 amide bonds. The van der Waals surface area contributed by atoms with Crippen LogP contribution in [-0.4, -0.2) is 71.4 Å². The molecule has 0 radical (unpaired) electrons. The van der Waals surface area contributed by atoms with E-state index in [0.717, 1.165) is 11.0 Å². The van der Waals surface area contributed by atoms with Crippen LogP contribution in [0.2, 0.25) is 0 Å². The van der Waals surface area contributed by atoms with Gasteiger partial charge in [0.25, 0.3) is 5.91 Å². The molecule has 2 fully saturated rings. The van der Waals surface area contributed by atoms with E-state index in [4.69, 9.17) is 0 Å². The largest absolute Gasteiger partial charge is 0.465 e. The zero-order chi connectivity index (χ0) is 23.5. The van der Waals surface area contributed by atoms with Crippen molar-refractivity contribution in [3.05, 3.63) is 54.1 Å². The first-order chi connectivity index (χ1) is 15.6. The van der Waals surface area contributed by atoms with E-state index in [1.54, 1.807) is 24.0 Å². The first-order valence-corrected chi connectivity index (χ1v) is 12.1. The minimum atomic E-state index is -3.91. The molecule has 9 nitrogen and oxygen atoms in total. The van der Waals surface area contributed by atoms with E-state index in [0.29, 0.717) is 12.8 Å². The zero-order valence-corrected chi connectivity index (χ0v) is 18.7. The predicted molar refractivity (Wildman–Crippen MR) is 116 cm³/mol. The summed E-state index contributed by atoms with van der Waals surface area (Å²) in [5.41, 5.74) is 0.112. The van der Waals surface area contributed by atoms with E-state index in [1.807, 2.05) is 0 Å². The predicted octanol–water partition coefficient (Wildman–Crippen LogP) is 2.40. The van der Waals surface area contributed by atoms with E-state index in [1.165, 1.54) is 28.7 Å². The van der Waals surface area contributed by atoms with Gasteiger partial charge in [-0.3, -0.25) is 9.69 Å². The van der Waals surface area contributed by atoms with Crippen molar-refractivity contribution >= 4 is 27.7 Å². The van der Waals surface area contributed by atoms with Crippen LogP contribution >= 0.6 is 0 Å². The Morgan fingerprint density at radius 3 is 2.55 bits per heavy atom. The van der Waals surface area contributed by atoms with Crippen molar-refractivity contribution in [2.24, 2.45) is 5.41 Å². The van der Waals surface area contributed by atoms with Crippen molar-refractivity contribution in [3.63, 3.8) is 0 Å². The highest BCUT2D eigenvalue weighted by molar-refractivity contribution is 7.89. The van der Waals surface area contributed by atoms with Crippen LogP contribution in [0.3, 0.4) is 0 Å². The third kappa shape index (κ3) is 3.37. The molecule has 1 aliphatic carbocycles. The fourth-order valence-corrected chi connectivity index (χ4v) is 7.05.